The van der Waals surface area contributed by atoms with Gasteiger partial charge in [0.15, 0.2) is 10.0 Å². The summed E-state index contributed by atoms with van der Waals surface area (Å²) in [6.07, 6.45) is -2.41. The zero-order valence-electron chi connectivity index (χ0n) is 9.47. The Morgan fingerprint density at radius 3 is 1.89 bits per heavy atom. The quantitative estimate of drug-likeness (QED) is 0.818. The van der Waals surface area contributed by atoms with Gasteiger partial charge in [0.05, 0.1) is 0 Å². The molecule has 0 bridgehead atoms. The Bertz CT molecular complexity index is 518. The molecule has 0 aliphatic carbocycles. The predicted molar refractivity (Wildman–Crippen MR) is 62.8 cm³/mol. The predicted octanol–water partition coefficient (Wildman–Crippen LogP) is 2.97. The highest BCUT2D eigenvalue weighted by Gasteiger charge is 2.64. The highest BCUT2D eigenvalue weighted by atomic mass is 32.1. The first-order valence-corrected chi connectivity index (χ1v) is 6.70. The third-order valence-electron chi connectivity index (χ3n) is 2.16. The number of esters is 1. The number of thiazole rings is 2. The number of ether oxygens (including phenoxy) is 1. The van der Waals surface area contributed by atoms with E-state index < -0.39 is 17.7 Å². The van der Waals surface area contributed by atoms with Crippen LogP contribution >= 0.6 is 22.7 Å². The van der Waals surface area contributed by atoms with Crippen LogP contribution in [0.3, 0.4) is 0 Å². The summed E-state index contributed by atoms with van der Waals surface area (Å²) in [5.74, 6) is -1.05. The lowest BCUT2D eigenvalue weighted by Crippen LogP contribution is -2.46. The maximum atomic E-state index is 13.5. The molecular weight excluding hydrogens is 301 g/mol. The second-order valence-electron chi connectivity index (χ2n) is 3.45. The first-order valence-electron chi connectivity index (χ1n) is 4.94. The van der Waals surface area contributed by atoms with E-state index in [4.69, 9.17) is 0 Å². The fraction of sp³-hybridized carbons (Fsp3) is 0.300. The van der Waals surface area contributed by atoms with Crippen molar-refractivity contribution >= 4 is 28.6 Å². The van der Waals surface area contributed by atoms with Crippen LogP contribution in [0.2, 0.25) is 0 Å². The molecule has 0 amide bonds. The van der Waals surface area contributed by atoms with Gasteiger partial charge in [-0.25, -0.2) is 9.97 Å². The Kier molecular flexibility index (Phi) is 3.59. The molecule has 0 N–H and O–H groups in total. The third-order valence-corrected chi connectivity index (χ3v) is 3.91. The molecule has 19 heavy (non-hydrogen) atoms. The van der Waals surface area contributed by atoms with Crippen molar-refractivity contribution in [3.8, 4) is 0 Å². The molecule has 0 atom stereocenters. The molecule has 0 spiro atoms. The zero-order chi connectivity index (χ0) is 14.1. The number of carbonyl (C=O) groups is 1. The lowest BCUT2D eigenvalue weighted by atomic mass is 10.1. The molecule has 102 valence electrons. The van der Waals surface area contributed by atoms with Gasteiger partial charge >= 0.3 is 17.7 Å². The minimum Gasteiger partial charge on any atom is -0.434 e. The van der Waals surface area contributed by atoms with E-state index in [0.29, 0.717) is 0 Å². The summed E-state index contributed by atoms with van der Waals surface area (Å²) in [4.78, 5) is 18.4. The van der Waals surface area contributed by atoms with Crippen LogP contribution in [0.1, 0.15) is 16.9 Å². The second-order valence-corrected chi connectivity index (χ2v) is 5.24. The van der Waals surface area contributed by atoms with Crippen molar-refractivity contribution in [1.82, 2.24) is 9.97 Å². The minimum absolute atomic E-state index is 0.370. The zero-order valence-corrected chi connectivity index (χ0v) is 11.1. The van der Waals surface area contributed by atoms with Crippen molar-refractivity contribution in [3.63, 3.8) is 0 Å². The van der Waals surface area contributed by atoms with Gasteiger partial charge in [-0.05, 0) is 0 Å². The Hall–Kier alpha value is -1.48. The molecule has 9 heteroatoms. The van der Waals surface area contributed by atoms with Crippen LogP contribution in [-0.2, 0) is 15.1 Å². The topological polar surface area (TPSA) is 52.1 Å². The van der Waals surface area contributed by atoms with E-state index in [1.165, 1.54) is 23.2 Å². The van der Waals surface area contributed by atoms with Crippen molar-refractivity contribution in [1.29, 1.82) is 0 Å². The summed E-state index contributed by atoms with van der Waals surface area (Å²) in [7, 11) is 0. The average Bonchev–Trinajstić information content (AvgIpc) is 2.97. The Morgan fingerprint density at radius 2 is 1.63 bits per heavy atom. The Morgan fingerprint density at radius 1 is 1.16 bits per heavy atom. The summed E-state index contributed by atoms with van der Waals surface area (Å²) in [5.41, 5.74) is -2.93. The summed E-state index contributed by atoms with van der Waals surface area (Å²) in [6, 6.07) is 0. The second kappa shape index (κ2) is 4.89. The van der Waals surface area contributed by atoms with E-state index in [2.05, 4.69) is 14.7 Å². The van der Waals surface area contributed by atoms with Crippen molar-refractivity contribution in [2.45, 2.75) is 18.7 Å². The highest BCUT2D eigenvalue weighted by Crippen LogP contribution is 2.48. The fourth-order valence-electron chi connectivity index (χ4n) is 1.49. The molecule has 0 aromatic carbocycles. The smallest absolute Gasteiger partial charge is 0.434 e. The van der Waals surface area contributed by atoms with Gasteiger partial charge in [0.25, 0.3) is 0 Å². The van der Waals surface area contributed by atoms with E-state index in [-0.39, 0.29) is 10.0 Å². The number of aromatic nitrogens is 2. The van der Waals surface area contributed by atoms with Crippen LogP contribution in [0.4, 0.5) is 13.2 Å². The monoisotopic (exact) mass is 308 g/mol. The Balaban J connectivity index is 2.68. The number of halogens is 3. The summed E-state index contributed by atoms with van der Waals surface area (Å²) in [6.45, 7) is 0.918. The third kappa shape index (κ3) is 2.35. The molecule has 2 rings (SSSR count). The van der Waals surface area contributed by atoms with Gasteiger partial charge in [0, 0.05) is 30.1 Å². The maximum Gasteiger partial charge on any atom is 0.442 e. The average molecular weight is 308 g/mol. The SMILES string of the molecule is CC(=O)OC(c1nccs1)(c1nccs1)C(F)(F)F. The van der Waals surface area contributed by atoms with Crippen molar-refractivity contribution in [2.75, 3.05) is 0 Å². The summed E-state index contributed by atoms with van der Waals surface area (Å²) >= 11 is 1.51. The van der Waals surface area contributed by atoms with Crippen LogP contribution in [0.25, 0.3) is 0 Å². The molecule has 2 heterocycles. The van der Waals surface area contributed by atoms with Crippen LogP contribution in [0.5, 0.6) is 0 Å². The largest absolute Gasteiger partial charge is 0.442 e. The lowest BCUT2D eigenvalue weighted by molar-refractivity contribution is -0.259. The lowest BCUT2D eigenvalue weighted by Gasteiger charge is -2.31. The first kappa shape index (κ1) is 13.9. The van der Waals surface area contributed by atoms with Gasteiger partial charge in [-0.15, -0.1) is 22.7 Å². The van der Waals surface area contributed by atoms with Crippen LogP contribution in [-0.4, -0.2) is 22.1 Å². The van der Waals surface area contributed by atoms with Gasteiger partial charge in [-0.1, -0.05) is 0 Å². The molecule has 0 fully saturated rings. The van der Waals surface area contributed by atoms with Gasteiger partial charge in [-0.2, -0.15) is 13.2 Å². The normalized spacial score (nSPS) is 12.4. The highest BCUT2D eigenvalue weighted by molar-refractivity contribution is 7.11. The van der Waals surface area contributed by atoms with Crippen molar-refractivity contribution < 1.29 is 22.7 Å². The molecule has 0 unspecified atom stereocenters. The van der Waals surface area contributed by atoms with Gasteiger partial charge < -0.3 is 4.74 Å². The van der Waals surface area contributed by atoms with Crippen LogP contribution in [0.15, 0.2) is 23.2 Å². The van der Waals surface area contributed by atoms with E-state index in [9.17, 15) is 18.0 Å². The molecule has 0 saturated carbocycles. The fourth-order valence-corrected chi connectivity index (χ4v) is 3.14. The van der Waals surface area contributed by atoms with E-state index in [1.54, 1.807) is 0 Å². The van der Waals surface area contributed by atoms with Gasteiger partial charge in [0.1, 0.15) is 0 Å². The molecule has 0 radical (unpaired) electrons. The van der Waals surface area contributed by atoms with Crippen molar-refractivity contribution in [3.05, 3.63) is 33.2 Å². The van der Waals surface area contributed by atoms with E-state index >= 15 is 0 Å². The molecule has 4 nitrogen and oxygen atoms in total. The first-order chi connectivity index (χ1) is 8.88. The molecule has 2 aromatic heterocycles. The molecule has 0 saturated heterocycles. The van der Waals surface area contributed by atoms with Crippen LogP contribution < -0.4 is 0 Å². The van der Waals surface area contributed by atoms with Gasteiger partial charge in [0.2, 0.25) is 0 Å². The number of hydrogen-bond acceptors (Lipinski definition) is 6. The Labute approximate surface area is 113 Å². The number of hydrogen-bond donors (Lipinski definition) is 0. The minimum atomic E-state index is -4.85. The van der Waals surface area contributed by atoms with Crippen molar-refractivity contribution in [2.24, 2.45) is 0 Å². The molecular formula is C10H7F3N2O2S2. The standard InChI is InChI=1S/C10H7F3N2O2S2/c1-6(16)17-9(10(11,12)13,7-14-2-4-18-7)8-15-3-5-19-8/h2-5H,1H3. The molecule has 0 aliphatic rings. The molecule has 2 aromatic rings. The number of alkyl halides is 3. The van der Waals surface area contributed by atoms with Crippen LogP contribution in [0, 0.1) is 0 Å². The van der Waals surface area contributed by atoms with E-state index in [1.807, 2.05) is 0 Å². The number of nitrogens with zero attached hydrogens (tertiary/aromatic N) is 2. The number of carbonyl (C=O) groups excluding carboxylic acids is 1. The summed E-state index contributed by atoms with van der Waals surface area (Å²) < 4.78 is 45.2. The summed E-state index contributed by atoms with van der Waals surface area (Å²) in [5, 5.41) is 2.02. The number of rotatable bonds is 3. The molecule has 0 aliphatic heterocycles. The van der Waals surface area contributed by atoms with E-state index in [0.717, 1.165) is 29.6 Å². The maximum absolute atomic E-state index is 13.5. The van der Waals surface area contributed by atoms with Gasteiger partial charge in [-0.3, -0.25) is 4.79 Å².